The molecule has 6 atom stereocenters. The van der Waals surface area contributed by atoms with Gasteiger partial charge in [-0.05, 0) is 30.6 Å². The Kier molecular flexibility index (Phi) is 2.90. The Morgan fingerprint density at radius 1 is 1.32 bits per heavy atom. The molecule has 0 aromatic rings. The van der Waals surface area contributed by atoms with Gasteiger partial charge in [0.25, 0.3) is 0 Å². The number of fused-ring (bicyclic) bond motifs is 1. The summed E-state index contributed by atoms with van der Waals surface area (Å²) in [5.41, 5.74) is 0. The molecule has 0 spiro atoms. The fraction of sp³-hybridized carbons (Fsp3) is 0.833. The Morgan fingerprint density at radius 2 is 2.05 bits per heavy atom. The Bertz CT molecular complexity index is 413. The topological polar surface area (TPSA) is 110 Å². The largest absolute Gasteiger partial charge is 0.480 e. The number of carbonyl (C=O) groups excluding carboxylic acids is 1. The van der Waals surface area contributed by atoms with Crippen molar-refractivity contribution in [3.63, 3.8) is 0 Å². The fourth-order valence-corrected chi connectivity index (χ4v) is 4.07. The van der Waals surface area contributed by atoms with Gasteiger partial charge < -0.3 is 25.5 Å². The quantitative estimate of drug-likeness (QED) is 0.517. The highest BCUT2D eigenvalue weighted by Crippen LogP contribution is 2.54. The van der Waals surface area contributed by atoms with Crippen LogP contribution in [-0.4, -0.2) is 63.6 Å². The second kappa shape index (κ2) is 4.35. The second-order valence-corrected chi connectivity index (χ2v) is 5.81. The molecule has 0 aromatic carbocycles. The number of urea groups is 1. The molecule has 2 aliphatic carbocycles. The molecule has 0 aromatic heterocycles. The van der Waals surface area contributed by atoms with Gasteiger partial charge in [-0.25, -0.2) is 9.59 Å². The summed E-state index contributed by atoms with van der Waals surface area (Å²) in [4.78, 5) is 24.5. The van der Waals surface area contributed by atoms with E-state index in [1.54, 1.807) is 4.90 Å². The number of nitrogens with one attached hydrogen (secondary N) is 1. The number of carboxylic acid groups (broad SMARTS) is 1. The van der Waals surface area contributed by atoms with Crippen molar-refractivity contribution in [2.75, 3.05) is 13.2 Å². The zero-order chi connectivity index (χ0) is 13.7. The first-order chi connectivity index (χ1) is 9.02. The van der Waals surface area contributed by atoms with Gasteiger partial charge in [-0.3, -0.25) is 0 Å². The van der Waals surface area contributed by atoms with Crippen molar-refractivity contribution in [1.82, 2.24) is 10.2 Å². The van der Waals surface area contributed by atoms with Gasteiger partial charge in [0.2, 0.25) is 0 Å². The molecule has 1 aliphatic heterocycles. The highest BCUT2D eigenvalue weighted by Gasteiger charge is 2.60. The number of hydrogen-bond acceptors (Lipinski definition) is 4. The van der Waals surface area contributed by atoms with Gasteiger partial charge in [0.05, 0.1) is 18.8 Å². The first-order valence-electron chi connectivity index (χ1n) is 6.61. The summed E-state index contributed by atoms with van der Waals surface area (Å²) in [5.74, 6) is -0.196. The zero-order valence-electron chi connectivity index (χ0n) is 10.4. The molecule has 3 rings (SSSR count). The summed E-state index contributed by atoms with van der Waals surface area (Å²) < 4.78 is 0. The predicted molar refractivity (Wildman–Crippen MR) is 63.2 cm³/mol. The number of aliphatic carboxylic acids is 1. The third-order valence-corrected chi connectivity index (χ3v) is 4.89. The van der Waals surface area contributed by atoms with E-state index in [2.05, 4.69) is 5.32 Å². The van der Waals surface area contributed by atoms with Crippen LogP contribution in [0.15, 0.2) is 0 Å². The van der Waals surface area contributed by atoms with Crippen molar-refractivity contribution in [2.45, 2.75) is 31.0 Å². The van der Waals surface area contributed by atoms with Crippen LogP contribution in [0.3, 0.4) is 0 Å². The maximum absolute atomic E-state index is 12.1. The summed E-state index contributed by atoms with van der Waals surface area (Å²) in [5, 5.41) is 30.2. The van der Waals surface area contributed by atoms with Crippen molar-refractivity contribution in [1.29, 1.82) is 0 Å². The van der Waals surface area contributed by atoms with Gasteiger partial charge in [0, 0.05) is 6.54 Å². The monoisotopic (exact) mass is 270 g/mol. The van der Waals surface area contributed by atoms with Crippen LogP contribution >= 0.6 is 0 Å². The number of rotatable bonds is 3. The van der Waals surface area contributed by atoms with Crippen LogP contribution in [-0.2, 0) is 4.79 Å². The fourth-order valence-electron chi connectivity index (χ4n) is 4.07. The first kappa shape index (κ1) is 12.7. The number of nitrogens with zero attached hydrogens (tertiary/aromatic N) is 1. The zero-order valence-corrected chi connectivity index (χ0v) is 10.4. The molecule has 106 valence electrons. The van der Waals surface area contributed by atoms with E-state index in [0.29, 0.717) is 18.4 Å². The minimum Gasteiger partial charge on any atom is -0.480 e. The number of amides is 2. The molecule has 0 radical (unpaired) electrons. The minimum absolute atomic E-state index is 0.183. The van der Waals surface area contributed by atoms with Gasteiger partial charge in [0.1, 0.15) is 0 Å². The third kappa shape index (κ3) is 1.80. The summed E-state index contributed by atoms with van der Waals surface area (Å²) in [6.45, 7) is -0.0654. The molecule has 3 aliphatic rings. The smallest absolute Gasteiger partial charge is 0.328 e. The average molecular weight is 270 g/mol. The lowest BCUT2D eigenvalue weighted by Crippen LogP contribution is -2.53. The van der Waals surface area contributed by atoms with E-state index in [1.807, 2.05) is 0 Å². The molecular formula is C12H18N2O5. The molecule has 3 fully saturated rings. The number of carbonyl (C=O) groups is 2. The van der Waals surface area contributed by atoms with Crippen molar-refractivity contribution < 1.29 is 24.9 Å². The van der Waals surface area contributed by atoms with E-state index in [0.717, 1.165) is 12.8 Å². The summed E-state index contributed by atoms with van der Waals surface area (Å²) in [6.07, 6.45) is 1.42. The molecule has 19 heavy (non-hydrogen) atoms. The molecule has 1 heterocycles. The molecule has 2 saturated carbocycles. The maximum atomic E-state index is 12.1. The number of aliphatic hydroxyl groups excluding tert-OH is 2. The van der Waals surface area contributed by atoms with E-state index in [1.165, 1.54) is 0 Å². The van der Waals surface area contributed by atoms with Crippen molar-refractivity contribution in [3.05, 3.63) is 0 Å². The SMILES string of the molecule is O=C(O)C(CO)NC(=O)N1CC2CC3CC2C1C3O. The molecule has 1 saturated heterocycles. The third-order valence-electron chi connectivity index (χ3n) is 4.89. The molecule has 4 N–H and O–H groups in total. The Balaban J connectivity index is 1.70. The molecular weight excluding hydrogens is 252 g/mol. The molecule has 7 heteroatoms. The number of aliphatic hydroxyl groups is 2. The van der Waals surface area contributed by atoms with Crippen LogP contribution < -0.4 is 5.32 Å². The van der Waals surface area contributed by atoms with Gasteiger partial charge in [-0.1, -0.05) is 0 Å². The van der Waals surface area contributed by atoms with E-state index >= 15 is 0 Å². The lowest BCUT2D eigenvalue weighted by atomic mass is 9.88. The number of hydrogen-bond donors (Lipinski definition) is 4. The Hall–Kier alpha value is -1.34. The lowest BCUT2D eigenvalue weighted by Gasteiger charge is -2.29. The van der Waals surface area contributed by atoms with Crippen LogP contribution in [0.4, 0.5) is 4.79 Å². The average Bonchev–Trinajstić information content (AvgIpc) is 2.96. The van der Waals surface area contributed by atoms with E-state index in [-0.39, 0.29) is 12.0 Å². The van der Waals surface area contributed by atoms with Crippen molar-refractivity contribution >= 4 is 12.0 Å². The maximum Gasteiger partial charge on any atom is 0.328 e. The van der Waals surface area contributed by atoms with Crippen molar-refractivity contribution in [2.24, 2.45) is 17.8 Å². The van der Waals surface area contributed by atoms with Gasteiger partial charge in [0.15, 0.2) is 6.04 Å². The van der Waals surface area contributed by atoms with Crippen LogP contribution in [0, 0.1) is 17.8 Å². The minimum atomic E-state index is -1.29. The highest BCUT2D eigenvalue weighted by molar-refractivity contribution is 5.83. The van der Waals surface area contributed by atoms with E-state index in [4.69, 9.17) is 10.2 Å². The normalized spacial score (nSPS) is 40.5. The van der Waals surface area contributed by atoms with Crippen LogP contribution in [0.5, 0.6) is 0 Å². The second-order valence-electron chi connectivity index (χ2n) is 5.81. The summed E-state index contributed by atoms with van der Waals surface area (Å²) in [6, 6.07) is -1.97. The Labute approximate surface area is 110 Å². The highest BCUT2D eigenvalue weighted by atomic mass is 16.4. The van der Waals surface area contributed by atoms with E-state index < -0.39 is 30.8 Å². The summed E-state index contributed by atoms with van der Waals surface area (Å²) in [7, 11) is 0. The summed E-state index contributed by atoms with van der Waals surface area (Å²) >= 11 is 0. The van der Waals surface area contributed by atoms with E-state index in [9.17, 15) is 14.7 Å². The Morgan fingerprint density at radius 3 is 2.63 bits per heavy atom. The first-order valence-corrected chi connectivity index (χ1v) is 6.61. The van der Waals surface area contributed by atoms with Gasteiger partial charge in [-0.2, -0.15) is 0 Å². The van der Waals surface area contributed by atoms with Crippen LogP contribution in [0.25, 0.3) is 0 Å². The predicted octanol–water partition coefficient (Wildman–Crippen LogP) is -1.16. The standard InChI is InChI=1S/C12H18N2O5/c15-4-8(11(17)18)13-12(19)14-3-6-1-5-2-7(6)9(14)10(5)16/h5-10,15-16H,1-4H2,(H,13,19)(H,17,18). The lowest BCUT2D eigenvalue weighted by molar-refractivity contribution is -0.140. The molecule has 2 bridgehead atoms. The number of carboxylic acids is 1. The number of likely N-dealkylation sites (tertiary alicyclic amines) is 1. The van der Waals surface area contributed by atoms with Crippen LogP contribution in [0.1, 0.15) is 12.8 Å². The van der Waals surface area contributed by atoms with Crippen molar-refractivity contribution in [3.8, 4) is 0 Å². The molecule has 2 amide bonds. The van der Waals surface area contributed by atoms with Crippen LogP contribution in [0.2, 0.25) is 0 Å². The molecule has 7 nitrogen and oxygen atoms in total. The van der Waals surface area contributed by atoms with Gasteiger partial charge >= 0.3 is 12.0 Å². The molecule has 6 unspecified atom stereocenters. The van der Waals surface area contributed by atoms with Gasteiger partial charge in [-0.15, -0.1) is 0 Å².